The molecule has 4 heteroatoms. The lowest BCUT2D eigenvalue weighted by Gasteiger charge is -2.19. The Bertz CT molecular complexity index is 617. The van der Waals surface area contributed by atoms with Crippen molar-refractivity contribution in [2.24, 2.45) is 0 Å². The number of rotatable bonds is 3. The Labute approximate surface area is 122 Å². The Morgan fingerprint density at radius 1 is 1.10 bits per heavy atom. The lowest BCUT2D eigenvalue weighted by molar-refractivity contribution is 0.584. The van der Waals surface area contributed by atoms with Gasteiger partial charge in [-0.25, -0.2) is 8.78 Å². The number of hydrogen-bond acceptors (Lipinski definition) is 1. The molecule has 2 aromatic carbocycles. The van der Waals surface area contributed by atoms with Crippen LogP contribution in [-0.4, -0.2) is 0 Å². The van der Waals surface area contributed by atoms with E-state index in [0.29, 0.717) is 0 Å². The largest absolute Gasteiger partial charge is 0.375 e. The van der Waals surface area contributed by atoms with Crippen molar-refractivity contribution in [1.82, 2.24) is 0 Å². The number of nitrogens with one attached hydrogen (secondary N) is 1. The quantitative estimate of drug-likeness (QED) is 0.798. The van der Waals surface area contributed by atoms with E-state index in [1.54, 1.807) is 0 Å². The van der Waals surface area contributed by atoms with Crippen LogP contribution in [0.2, 0.25) is 5.02 Å². The number of halogens is 3. The summed E-state index contributed by atoms with van der Waals surface area (Å²) in [5.41, 5.74) is 3.46. The van der Waals surface area contributed by atoms with E-state index in [1.165, 1.54) is 5.56 Å². The van der Waals surface area contributed by atoms with E-state index in [9.17, 15) is 8.78 Å². The molecule has 0 radical (unpaired) electrons. The highest BCUT2D eigenvalue weighted by molar-refractivity contribution is 6.33. The highest BCUT2D eigenvalue weighted by atomic mass is 35.5. The first-order valence-corrected chi connectivity index (χ1v) is 6.74. The topological polar surface area (TPSA) is 12.0 Å². The van der Waals surface area contributed by atoms with Gasteiger partial charge in [0, 0.05) is 12.1 Å². The molecule has 0 aliphatic rings. The Morgan fingerprint density at radius 2 is 1.80 bits per heavy atom. The molecule has 0 aliphatic heterocycles. The summed E-state index contributed by atoms with van der Waals surface area (Å²) in [6, 6.07) is 7.86. The van der Waals surface area contributed by atoms with Crippen molar-refractivity contribution in [2.75, 3.05) is 5.32 Å². The van der Waals surface area contributed by atoms with Gasteiger partial charge in [-0.1, -0.05) is 35.4 Å². The van der Waals surface area contributed by atoms with Crippen molar-refractivity contribution < 1.29 is 8.78 Å². The van der Waals surface area contributed by atoms with Gasteiger partial charge in [-0.2, -0.15) is 0 Å². The molecule has 1 unspecified atom stereocenters. The van der Waals surface area contributed by atoms with Crippen LogP contribution in [-0.2, 0) is 0 Å². The molecular weight excluding hydrogens is 280 g/mol. The minimum absolute atomic E-state index is 0.0408. The summed E-state index contributed by atoms with van der Waals surface area (Å²) in [5, 5.41) is 3.05. The van der Waals surface area contributed by atoms with Crippen LogP contribution in [0, 0.1) is 25.5 Å². The number of aryl methyl sites for hydroxylation is 2. The molecule has 0 amide bonds. The van der Waals surface area contributed by atoms with Gasteiger partial charge in [0.25, 0.3) is 0 Å². The Hall–Kier alpha value is -1.61. The van der Waals surface area contributed by atoms with Crippen LogP contribution in [0.5, 0.6) is 0 Å². The van der Waals surface area contributed by atoms with Crippen LogP contribution in [0.1, 0.15) is 29.7 Å². The molecule has 0 heterocycles. The van der Waals surface area contributed by atoms with Crippen LogP contribution in [0.15, 0.2) is 30.3 Å². The molecular formula is C16H16ClF2N. The molecule has 0 fully saturated rings. The second kappa shape index (κ2) is 5.80. The number of anilines is 1. The monoisotopic (exact) mass is 295 g/mol. The predicted molar refractivity (Wildman–Crippen MR) is 79.3 cm³/mol. The van der Waals surface area contributed by atoms with Gasteiger partial charge in [0.15, 0.2) is 5.82 Å². The normalized spacial score (nSPS) is 12.3. The molecule has 1 nitrogen and oxygen atoms in total. The van der Waals surface area contributed by atoms with Gasteiger partial charge in [-0.15, -0.1) is 0 Å². The Kier molecular flexibility index (Phi) is 4.29. The standard InChI is InChI=1S/C16H16ClF2N/c1-9-4-5-13(10(2)6-9)11(3)20-16-14(17)7-12(18)8-15(16)19/h4-8,11,20H,1-3H3. The second-order valence-electron chi connectivity index (χ2n) is 4.97. The molecule has 0 bridgehead atoms. The lowest BCUT2D eigenvalue weighted by Crippen LogP contribution is -2.10. The summed E-state index contributed by atoms with van der Waals surface area (Å²) in [7, 11) is 0. The number of hydrogen-bond donors (Lipinski definition) is 1. The van der Waals surface area contributed by atoms with Crippen molar-refractivity contribution in [1.29, 1.82) is 0 Å². The third-order valence-electron chi connectivity index (χ3n) is 3.26. The van der Waals surface area contributed by atoms with Crippen molar-refractivity contribution >= 4 is 17.3 Å². The maximum atomic E-state index is 13.8. The van der Waals surface area contributed by atoms with Crippen LogP contribution >= 0.6 is 11.6 Å². The van der Waals surface area contributed by atoms with Gasteiger partial charge in [0.05, 0.1) is 10.7 Å². The summed E-state index contributed by atoms with van der Waals surface area (Å²) >= 11 is 5.89. The molecule has 0 spiro atoms. The van der Waals surface area contributed by atoms with Gasteiger partial charge in [0.1, 0.15) is 5.82 Å². The van der Waals surface area contributed by atoms with E-state index in [1.807, 2.05) is 32.9 Å². The third kappa shape index (κ3) is 3.10. The fourth-order valence-electron chi connectivity index (χ4n) is 2.29. The fourth-order valence-corrected chi connectivity index (χ4v) is 2.53. The van der Waals surface area contributed by atoms with Crippen molar-refractivity contribution in [3.8, 4) is 0 Å². The fraction of sp³-hybridized carbons (Fsp3) is 0.250. The molecule has 2 rings (SSSR count). The maximum Gasteiger partial charge on any atom is 0.150 e. The van der Waals surface area contributed by atoms with Crippen LogP contribution in [0.25, 0.3) is 0 Å². The zero-order valence-corrected chi connectivity index (χ0v) is 12.4. The van der Waals surface area contributed by atoms with Crippen LogP contribution in [0.4, 0.5) is 14.5 Å². The van der Waals surface area contributed by atoms with Crippen LogP contribution < -0.4 is 5.32 Å². The zero-order valence-electron chi connectivity index (χ0n) is 11.6. The predicted octanol–water partition coefficient (Wildman–Crippen LogP) is 5.41. The first kappa shape index (κ1) is 14.8. The second-order valence-corrected chi connectivity index (χ2v) is 5.38. The maximum absolute atomic E-state index is 13.8. The van der Waals surface area contributed by atoms with E-state index >= 15 is 0 Å². The van der Waals surface area contributed by atoms with Gasteiger partial charge in [-0.3, -0.25) is 0 Å². The smallest absolute Gasteiger partial charge is 0.150 e. The van der Waals surface area contributed by atoms with Gasteiger partial charge in [-0.05, 0) is 38.0 Å². The molecule has 1 atom stereocenters. The molecule has 2 aromatic rings. The SMILES string of the molecule is Cc1ccc(C(C)Nc2c(F)cc(F)cc2Cl)c(C)c1. The summed E-state index contributed by atoms with van der Waals surface area (Å²) in [6.07, 6.45) is 0. The minimum atomic E-state index is -0.688. The van der Waals surface area contributed by atoms with Gasteiger partial charge >= 0.3 is 0 Å². The summed E-state index contributed by atoms with van der Waals surface area (Å²) in [5.74, 6) is -1.37. The van der Waals surface area contributed by atoms with Crippen LogP contribution in [0.3, 0.4) is 0 Å². The van der Waals surface area contributed by atoms with E-state index < -0.39 is 11.6 Å². The van der Waals surface area contributed by atoms with Crippen molar-refractivity contribution in [2.45, 2.75) is 26.8 Å². The first-order chi connectivity index (χ1) is 9.38. The van der Waals surface area contributed by atoms with E-state index in [2.05, 4.69) is 11.4 Å². The van der Waals surface area contributed by atoms with E-state index in [-0.39, 0.29) is 16.8 Å². The summed E-state index contributed by atoms with van der Waals surface area (Å²) in [4.78, 5) is 0. The van der Waals surface area contributed by atoms with E-state index in [4.69, 9.17) is 11.6 Å². The lowest BCUT2D eigenvalue weighted by atomic mass is 10.00. The molecule has 0 aliphatic carbocycles. The van der Waals surface area contributed by atoms with E-state index in [0.717, 1.165) is 23.3 Å². The number of benzene rings is 2. The van der Waals surface area contributed by atoms with Crippen molar-refractivity contribution in [3.63, 3.8) is 0 Å². The molecule has 20 heavy (non-hydrogen) atoms. The third-order valence-corrected chi connectivity index (χ3v) is 3.56. The van der Waals surface area contributed by atoms with Crippen molar-refractivity contribution in [3.05, 3.63) is 63.7 Å². The minimum Gasteiger partial charge on any atom is -0.375 e. The molecule has 106 valence electrons. The van der Waals surface area contributed by atoms with Gasteiger partial charge < -0.3 is 5.32 Å². The average molecular weight is 296 g/mol. The molecule has 0 saturated heterocycles. The Morgan fingerprint density at radius 3 is 2.40 bits per heavy atom. The molecule has 0 saturated carbocycles. The molecule has 1 N–H and O–H groups in total. The average Bonchev–Trinajstić information content (AvgIpc) is 2.33. The molecule has 0 aromatic heterocycles. The summed E-state index contributed by atoms with van der Waals surface area (Å²) in [6.45, 7) is 5.94. The zero-order chi connectivity index (χ0) is 14.9. The summed E-state index contributed by atoms with van der Waals surface area (Å²) < 4.78 is 26.8. The highest BCUT2D eigenvalue weighted by Gasteiger charge is 2.14. The Balaban J connectivity index is 2.30. The first-order valence-electron chi connectivity index (χ1n) is 6.36. The highest BCUT2D eigenvalue weighted by Crippen LogP contribution is 2.30. The van der Waals surface area contributed by atoms with Gasteiger partial charge in [0.2, 0.25) is 0 Å².